The van der Waals surface area contributed by atoms with Crippen LogP contribution in [-0.2, 0) is 6.73 Å². The molecule has 4 aromatic rings. The van der Waals surface area contributed by atoms with Crippen LogP contribution in [0.25, 0.3) is 21.8 Å². The molecule has 0 aliphatic carbocycles. The predicted octanol–water partition coefficient (Wildman–Crippen LogP) is 3.17. The van der Waals surface area contributed by atoms with Crippen molar-refractivity contribution in [2.24, 2.45) is 0 Å². The standard InChI is InChI=1S/C19H14N2O2.Al/c22-16-9-1-6-15-8-4-12-21(19(15)16)13-23-17-10-2-5-14-7-3-11-20-18(14)17;/h1-12H,13H2;/q;+1. The summed E-state index contributed by atoms with van der Waals surface area (Å²) in [7, 11) is 0. The Morgan fingerprint density at radius 2 is 1.62 bits per heavy atom. The SMILES string of the molecule is [Al][O]c1cccc2ccc[n+](COc3cccc4cccnc34)c12. The molecule has 0 aliphatic rings. The maximum atomic E-state index is 6.05. The lowest BCUT2D eigenvalue weighted by Crippen LogP contribution is -2.37. The number of benzene rings is 2. The highest BCUT2D eigenvalue weighted by Gasteiger charge is 2.14. The van der Waals surface area contributed by atoms with Crippen LogP contribution in [0.3, 0.4) is 0 Å². The van der Waals surface area contributed by atoms with Crippen molar-refractivity contribution in [3.63, 3.8) is 0 Å². The molecule has 0 amide bonds. The molecule has 24 heavy (non-hydrogen) atoms. The predicted molar refractivity (Wildman–Crippen MR) is 92.9 cm³/mol. The molecule has 4 rings (SSSR count). The van der Waals surface area contributed by atoms with E-state index in [4.69, 9.17) is 8.53 Å². The van der Waals surface area contributed by atoms with E-state index < -0.39 is 0 Å². The number of rotatable bonds is 4. The molecule has 0 spiro atoms. The summed E-state index contributed by atoms with van der Waals surface area (Å²) in [5.74, 6) is 1.56. The number of ether oxygens (including phenoxy) is 1. The van der Waals surface area contributed by atoms with E-state index in [2.05, 4.69) is 33.7 Å². The zero-order chi connectivity index (χ0) is 16.4. The molecule has 0 fully saturated rings. The quantitative estimate of drug-likeness (QED) is 0.426. The van der Waals surface area contributed by atoms with Crippen LogP contribution in [0.15, 0.2) is 73.1 Å². The molecule has 0 saturated heterocycles. The topological polar surface area (TPSA) is 35.2 Å². The van der Waals surface area contributed by atoms with E-state index in [0.29, 0.717) is 6.73 Å². The van der Waals surface area contributed by atoms with Gasteiger partial charge in [0.25, 0.3) is 12.2 Å². The average molecular weight is 329 g/mol. The summed E-state index contributed by atoms with van der Waals surface area (Å²) in [5.41, 5.74) is 1.85. The van der Waals surface area contributed by atoms with Gasteiger partial charge in [0.1, 0.15) is 5.52 Å². The van der Waals surface area contributed by atoms with Crippen molar-refractivity contribution < 1.29 is 13.1 Å². The molecule has 2 aromatic heterocycles. The molecule has 2 aromatic carbocycles. The second-order valence-electron chi connectivity index (χ2n) is 5.39. The van der Waals surface area contributed by atoms with Gasteiger partial charge < -0.3 is 8.53 Å². The number of nitrogens with zero attached hydrogens (tertiary/aromatic N) is 2. The van der Waals surface area contributed by atoms with Gasteiger partial charge in [0.2, 0.25) is 0 Å². The number of hydrogen-bond donors (Lipinski definition) is 0. The maximum Gasteiger partial charge on any atom is 0.482 e. The van der Waals surface area contributed by atoms with E-state index in [1.807, 2.05) is 59.3 Å². The third kappa shape index (κ3) is 2.69. The second-order valence-corrected chi connectivity index (χ2v) is 5.63. The van der Waals surface area contributed by atoms with Crippen LogP contribution in [0.4, 0.5) is 0 Å². The van der Waals surface area contributed by atoms with E-state index in [0.717, 1.165) is 33.3 Å². The summed E-state index contributed by atoms with van der Waals surface area (Å²) in [5, 5.41) is 2.16. The molecule has 4 nitrogen and oxygen atoms in total. The Morgan fingerprint density at radius 1 is 0.875 bits per heavy atom. The van der Waals surface area contributed by atoms with Crippen molar-refractivity contribution in [1.29, 1.82) is 0 Å². The average Bonchev–Trinajstić information content (AvgIpc) is 2.65. The van der Waals surface area contributed by atoms with Gasteiger partial charge in [-0.05, 0) is 30.3 Å². The lowest BCUT2D eigenvalue weighted by molar-refractivity contribution is -0.700. The second kappa shape index (κ2) is 6.48. The fourth-order valence-electron chi connectivity index (χ4n) is 2.84. The molecule has 2 radical (unpaired) electrons. The highest BCUT2D eigenvalue weighted by molar-refractivity contribution is 6.01. The molecule has 2 heterocycles. The normalized spacial score (nSPS) is 10.8. The summed E-state index contributed by atoms with van der Waals surface area (Å²) >= 11 is 2.30. The van der Waals surface area contributed by atoms with Crippen molar-refractivity contribution in [2.75, 3.05) is 0 Å². The van der Waals surface area contributed by atoms with E-state index in [9.17, 15) is 0 Å². The fraction of sp³-hybridized carbons (Fsp3) is 0.0526. The zero-order valence-electron chi connectivity index (χ0n) is 12.9. The lowest BCUT2D eigenvalue weighted by Gasteiger charge is -2.09. The summed E-state index contributed by atoms with van der Waals surface area (Å²) in [4.78, 5) is 4.43. The molecule has 114 valence electrons. The van der Waals surface area contributed by atoms with E-state index in [1.165, 1.54) is 0 Å². The molecular weight excluding hydrogens is 315 g/mol. The van der Waals surface area contributed by atoms with Crippen molar-refractivity contribution in [2.45, 2.75) is 6.73 Å². The zero-order valence-corrected chi connectivity index (χ0v) is 14.1. The van der Waals surface area contributed by atoms with E-state index in [1.54, 1.807) is 6.20 Å². The number of hydrogen-bond acceptors (Lipinski definition) is 3. The molecule has 0 atom stereocenters. The Labute approximate surface area is 148 Å². The van der Waals surface area contributed by atoms with Crippen LogP contribution in [0.1, 0.15) is 0 Å². The van der Waals surface area contributed by atoms with Crippen LogP contribution >= 0.6 is 0 Å². The van der Waals surface area contributed by atoms with Crippen molar-refractivity contribution in [3.8, 4) is 11.5 Å². The van der Waals surface area contributed by atoms with Crippen LogP contribution in [0.5, 0.6) is 11.5 Å². The maximum absolute atomic E-state index is 6.05. The summed E-state index contributed by atoms with van der Waals surface area (Å²) < 4.78 is 13.5. The highest BCUT2D eigenvalue weighted by Crippen LogP contribution is 2.24. The Hall–Kier alpha value is -2.61. The molecule has 0 bridgehead atoms. The monoisotopic (exact) mass is 329 g/mol. The fourth-order valence-corrected chi connectivity index (χ4v) is 3.03. The molecule has 5 heteroatoms. The molecule has 0 unspecified atom stereocenters. The van der Waals surface area contributed by atoms with Gasteiger partial charge in [-0.3, -0.25) is 4.98 Å². The summed E-state index contributed by atoms with van der Waals surface area (Å²) in [6.07, 6.45) is 3.76. The Kier molecular flexibility index (Phi) is 4.04. The van der Waals surface area contributed by atoms with Crippen LogP contribution in [0, 0.1) is 0 Å². The van der Waals surface area contributed by atoms with Crippen LogP contribution < -0.4 is 13.1 Å². The van der Waals surface area contributed by atoms with E-state index >= 15 is 0 Å². The largest absolute Gasteiger partial charge is 0.649 e. The van der Waals surface area contributed by atoms with Crippen LogP contribution in [-0.4, -0.2) is 21.6 Å². The van der Waals surface area contributed by atoms with Crippen molar-refractivity contribution in [3.05, 3.63) is 73.1 Å². The van der Waals surface area contributed by atoms with Gasteiger partial charge in [-0.2, -0.15) is 4.57 Å². The smallest absolute Gasteiger partial charge is 0.482 e. The molecule has 0 saturated carbocycles. The molecular formula is C19H14AlN2O2+. The first kappa shape index (κ1) is 15.0. The molecule has 0 N–H and O–H groups in total. The first-order chi connectivity index (χ1) is 11.9. The van der Waals surface area contributed by atoms with Gasteiger partial charge in [0, 0.05) is 17.6 Å². The van der Waals surface area contributed by atoms with Crippen molar-refractivity contribution >= 4 is 38.4 Å². The first-order valence-electron chi connectivity index (χ1n) is 7.61. The van der Waals surface area contributed by atoms with Gasteiger partial charge in [-0.1, -0.05) is 24.3 Å². The number of para-hydroxylation sites is 2. The highest BCUT2D eigenvalue weighted by atomic mass is 27.1. The third-order valence-corrected chi connectivity index (χ3v) is 4.19. The third-order valence-electron chi connectivity index (χ3n) is 3.94. The van der Waals surface area contributed by atoms with Gasteiger partial charge >= 0.3 is 16.6 Å². The van der Waals surface area contributed by atoms with Crippen molar-refractivity contribution in [1.82, 2.24) is 4.98 Å². The Morgan fingerprint density at radius 3 is 2.50 bits per heavy atom. The van der Waals surface area contributed by atoms with Gasteiger partial charge in [0.15, 0.2) is 17.7 Å². The number of aromatic nitrogens is 2. The Bertz CT molecular complexity index is 1010. The summed E-state index contributed by atoms with van der Waals surface area (Å²) in [6, 6.07) is 19.9. The lowest BCUT2D eigenvalue weighted by atomic mass is 10.2. The molecule has 0 aliphatic heterocycles. The van der Waals surface area contributed by atoms with Crippen LogP contribution in [0.2, 0.25) is 0 Å². The van der Waals surface area contributed by atoms with E-state index in [-0.39, 0.29) is 0 Å². The minimum Gasteiger partial charge on any atom is -0.649 e. The number of pyridine rings is 2. The minimum atomic E-state index is 0.373. The first-order valence-corrected chi connectivity index (χ1v) is 8.08. The van der Waals surface area contributed by atoms with Gasteiger partial charge in [0.05, 0.1) is 5.39 Å². The number of fused-ring (bicyclic) bond motifs is 2. The van der Waals surface area contributed by atoms with Gasteiger partial charge in [-0.25, -0.2) is 0 Å². The summed E-state index contributed by atoms with van der Waals surface area (Å²) in [6.45, 7) is 0.373. The van der Waals surface area contributed by atoms with Gasteiger partial charge in [-0.15, -0.1) is 0 Å². The Balaban J connectivity index is 1.72. The minimum absolute atomic E-state index is 0.373.